The van der Waals surface area contributed by atoms with Crippen LogP contribution in [-0.4, -0.2) is 47.2 Å². The Morgan fingerprint density at radius 2 is 1.96 bits per heavy atom. The Hall–Kier alpha value is -2.05. The molecule has 0 spiro atoms. The molecule has 0 aliphatic carbocycles. The first-order chi connectivity index (χ1) is 11.1. The van der Waals surface area contributed by atoms with Gasteiger partial charge in [0.1, 0.15) is 18.5 Å². The van der Waals surface area contributed by atoms with E-state index in [4.69, 9.17) is 4.74 Å². The highest BCUT2D eigenvalue weighted by atomic mass is 16.5. The van der Waals surface area contributed by atoms with Crippen LogP contribution in [0.15, 0.2) is 30.3 Å². The van der Waals surface area contributed by atoms with Gasteiger partial charge in [-0.2, -0.15) is 5.10 Å². The lowest BCUT2D eigenvalue weighted by molar-refractivity contribution is 0.107. The fourth-order valence-electron chi connectivity index (χ4n) is 2.34. The summed E-state index contributed by atoms with van der Waals surface area (Å²) < 4.78 is 7.38. The van der Waals surface area contributed by atoms with Crippen molar-refractivity contribution in [2.24, 2.45) is 7.05 Å². The van der Waals surface area contributed by atoms with Gasteiger partial charge >= 0.3 is 0 Å². The van der Waals surface area contributed by atoms with E-state index >= 15 is 0 Å². The van der Waals surface area contributed by atoms with Crippen LogP contribution in [-0.2, 0) is 7.05 Å². The highest BCUT2D eigenvalue weighted by Gasteiger charge is 2.08. The summed E-state index contributed by atoms with van der Waals surface area (Å²) in [5, 5.41) is 20.9. The van der Waals surface area contributed by atoms with Gasteiger partial charge in [0.15, 0.2) is 0 Å². The molecule has 2 aromatic rings. The molecule has 1 heterocycles. The van der Waals surface area contributed by atoms with E-state index in [0.29, 0.717) is 6.54 Å². The second kappa shape index (κ2) is 8.55. The second-order valence-corrected chi connectivity index (χ2v) is 5.58. The minimum atomic E-state index is -0.530. The Morgan fingerprint density at radius 3 is 2.61 bits per heavy atom. The highest BCUT2D eigenvalue weighted by molar-refractivity contribution is 5.51. The number of nitrogens with zero attached hydrogens (tertiary/aromatic N) is 2. The highest BCUT2D eigenvalue weighted by Crippen LogP contribution is 2.17. The van der Waals surface area contributed by atoms with Gasteiger partial charge in [-0.3, -0.25) is 4.68 Å². The molecule has 0 bridgehead atoms. The van der Waals surface area contributed by atoms with Crippen LogP contribution in [0.2, 0.25) is 0 Å². The van der Waals surface area contributed by atoms with E-state index in [2.05, 4.69) is 15.7 Å². The molecule has 126 valence electrons. The molecule has 0 amide bonds. The summed E-state index contributed by atoms with van der Waals surface area (Å²) in [5.74, 6) is 0.774. The third-order valence-electron chi connectivity index (χ3n) is 3.68. The Labute approximate surface area is 137 Å². The van der Waals surface area contributed by atoms with Gasteiger partial charge < -0.3 is 20.5 Å². The smallest absolute Gasteiger partial charge is 0.119 e. The van der Waals surface area contributed by atoms with Gasteiger partial charge in [-0.15, -0.1) is 0 Å². The average Bonchev–Trinajstić information content (AvgIpc) is 2.79. The van der Waals surface area contributed by atoms with E-state index in [9.17, 15) is 5.11 Å². The molecule has 0 radical (unpaired) electrons. The van der Waals surface area contributed by atoms with E-state index in [1.165, 1.54) is 0 Å². The lowest BCUT2D eigenvalue weighted by atomic mass is 10.3. The SMILES string of the molecule is Cc1nn(C)c(C)c1NCCNC[C@H](O)COc1ccccc1. The van der Waals surface area contributed by atoms with Crippen LogP contribution in [0.25, 0.3) is 0 Å². The van der Waals surface area contributed by atoms with Crippen LogP contribution >= 0.6 is 0 Å². The number of aryl methyl sites for hydroxylation is 2. The number of ether oxygens (including phenoxy) is 1. The number of anilines is 1. The van der Waals surface area contributed by atoms with Crippen LogP contribution in [0.3, 0.4) is 0 Å². The molecule has 1 aromatic heterocycles. The molecule has 0 aliphatic heterocycles. The molecule has 6 nitrogen and oxygen atoms in total. The summed E-state index contributed by atoms with van der Waals surface area (Å²) in [6, 6.07) is 9.51. The van der Waals surface area contributed by atoms with E-state index in [-0.39, 0.29) is 6.61 Å². The van der Waals surface area contributed by atoms with Gasteiger partial charge in [0, 0.05) is 26.7 Å². The standard InChI is InChI=1S/C17H26N4O2/c1-13-17(14(2)21(3)20-13)19-10-9-18-11-15(22)12-23-16-7-5-4-6-8-16/h4-8,15,18-19,22H,9-12H2,1-3H3/t15-/m0/s1. The van der Waals surface area contributed by atoms with E-state index in [1.807, 2.05) is 55.9 Å². The zero-order valence-electron chi connectivity index (χ0n) is 14.0. The van der Waals surface area contributed by atoms with E-state index in [1.54, 1.807) is 0 Å². The fraction of sp³-hybridized carbons (Fsp3) is 0.471. The van der Waals surface area contributed by atoms with Crippen molar-refractivity contribution < 1.29 is 9.84 Å². The van der Waals surface area contributed by atoms with Gasteiger partial charge in [-0.05, 0) is 26.0 Å². The molecule has 0 saturated heterocycles. The molecule has 0 unspecified atom stereocenters. The fourth-order valence-corrected chi connectivity index (χ4v) is 2.34. The molecule has 3 N–H and O–H groups in total. The van der Waals surface area contributed by atoms with Crippen LogP contribution < -0.4 is 15.4 Å². The number of rotatable bonds is 9. The molecule has 2 rings (SSSR count). The summed E-state index contributed by atoms with van der Waals surface area (Å²) in [7, 11) is 1.94. The second-order valence-electron chi connectivity index (χ2n) is 5.58. The molecule has 1 aromatic carbocycles. The summed E-state index contributed by atoms with van der Waals surface area (Å²) in [6.45, 7) is 6.36. The topological polar surface area (TPSA) is 71.3 Å². The Morgan fingerprint density at radius 1 is 1.22 bits per heavy atom. The Balaban J connectivity index is 1.60. The Kier molecular flexibility index (Phi) is 6.43. The molecule has 0 saturated carbocycles. The molecular formula is C17H26N4O2. The van der Waals surface area contributed by atoms with Crippen LogP contribution in [0.1, 0.15) is 11.4 Å². The van der Waals surface area contributed by atoms with Gasteiger partial charge in [0.2, 0.25) is 0 Å². The summed E-state index contributed by atoms with van der Waals surface area (Å²) in [5.41, 5.74) is 3.21. The van der Waals surface area contributed by atoms with E-state index in [0.717, 1.165) is 35.9 Å². The van der Waals surface area contributed by atoms with Crippen LogP contribution in [0.5, 0.6) is 5.75 Å². The lowest BCUT2D eigenvalue weighted by Crippen LogP contribution is -2.34. The number of aliphatic hydroxyl groups is 1. The molecule has 6 heteroatoms. The Bertz CT molecular complexity index is 598. The molecule has 1 atom stereocenters. The van der Waals surface area contributed by atoms with Gasteiger partial charge in [-0.25, -0.2) is 0 Å². The van der Waals surface area contributed by atoms with Crippen molar-refractivity contribution in [3.8, 4) is 5.75 Å². The van der Waals surface area contributed by atoms with Crippen LogP contribution in [0.4, 0.5) is 5.69 Å². The third kappa shape index (κ3) is 5.26. The van der Waals surface area contributed by atoms with Crippen molar-refractivity contribution in [1.82, 2.24) is 15.1 Å². The van der Waals surface area contributed by atoms with Crippen LogP contribution in [0, 0.1) is 13.8 Å². The minimum Gasteiger partial charge on any atom is -0.491 e. The predicted molar refractivity (Wildman–Crippen MR) is 92.0 cm³/mol. The number of hydrogen-bond donors (Lipinski definition) is 3. The maximum absolute atomic E-state index is 9.90. The average molecular weight is 318 g/mol. The van der Waals surface area contributed by atoms with Crippen molar-refractivity contribution in [3.63, 3.8) is 0 Å². The van der Waals surface area contributed by atoms with Crippen molar-refractivity contribution in [3.05, 3.63) is 41.7 Å². The van der Waals surface area contributed by atoms with Crippen molar-refractivity contribution >= 4 is 5.69 Å². The summed E-state index contributed by atoms with van der Waals surface area (Å²) in [4.78, 5) is 0. The molecule has 0 fully saturated rings. The minimum absolute atomic E-state index is 0.283. The summed E-state index contributed by atoms with van der Waals surface area (Å²) in [6.07, 6.45) is -0.530. The number of benzene rings is 1. The first-order valence-corrected chi connectivity index (χ1v) is 7.88. The maximum Gasteiger partial charge on any atom is 0.119 e. The zero-order valence-corrected chi connectivity index (χ0v) is 14.0. The number of hydrogen-bond acceptors (Lipinski definition) is 5. The zero-order chi connectivity index (χ0) is 16.7. The van der Waals surface area contributed by atoms with Gasteiger partial charge in [0.05, 0.1) is 17.1 Å². The van der Waals surface area contributed by atoms with Crippen molar-refractivity contribution in [2.45, 2.75) is 20.0 Å². The maximum atomic E-state index is 9.90. The quantitative estimate of drug-likeness (QED) is 0.611. The molecule has 23 heavy (non-hydrogen) atoms. The first-order valence-electron chi connectivity index (χ1n) is 7.88. The number of para-hydroxylation sites is 1. The third-order valence-corrected chi connectivity index (χ3v) is 3.68. The van der Waals surface area contributed by atoms with E-state index < -0.39 is 6.10 Å². The lowest BCUT2D eigenvalue weighted by Gasteiger charge is -2.14. The van der Waals surface area contributed by atoms with Crippen molar-refractivity contribution in [1.29, 1.82) is 0 Å². The first kappa shape index (κ1) is 17.3. The number of aliphatic hydroxyl groups excluding tert-OH is 1. The molecular weight excluding hydrogens is 292 g/mol. The normalized spacial score (nSPS) is 12.2. The van der Waals surface area contributed by atoms with Crippen molar-refractivity contribution in [2.75, 3.05) is 31.6 Å². The monoisotopic (exact) mass is 318 g/mol. The van der Waals surface area contributed by atoms with Gasteiger partial charge in [-0.1, -0.05) is 18.2 Å². The predicted octanol–water partition coefficient (Wildman–Crippen LogP) is 1.48. The number of aromatic nitrogens is 2. The molecule has 0 aliphatic rings. The number of nitrogens with one attached hydrogen (secondary N) is 2. The van der Waals surface area contributed by atoms with Gasteiger partial charge in [0.25, 0.3) is 0 Å². The largest absolute Gasteiger partial charge is 0.491 e. The summed E-state index contributed by atoms with van der Waals surface area (Å²) >= 11 is 0.